The van der Waals surface area contributed by atoms with Crippen LogP contribution in [0.1, 0.15) is 44.9 Å². The molecule has 160 valence electrons. The number of hydrogen-bond donors (Lipinski definition) is 1. The van der Waals surface area contributed by atoms with Crippen LogP contribution in [0.15, 0.2) is 24.3 Å². The molecule has 1 heterocycles. The van der Waals surface area contributed by atoms with Crippen molar-refractivity contribution in [1.29, 1.82) is 0 Å². The third-order valence-corrected chi connectivity index (χ3v) is 7.90. The van der Waals surface area contributed by atoms with Gasteiger partial charge in [-0.1, -0.05) is 0 Å². The second-order valence-electron chi connectivity index (χ2n) is 8.28. The highest BCUT2D eigenvalue weighted by Gasteiger charge is 2.45. The fourth-order valence-corrected chi connectivity index (χ4v) is 5.77. The van der Waals surface area contributed by atoms with E-state index in [1.165, 1.54) is 0 Å². The zero-order valence-electron chi connectivity index (χ0n) is 16.1. The van der Waals surface area contributed by atoms with E-state index in [2.05, 4.69) is 4.72 Å². The van der Waals surface area contributed by atoms with Gasteiger partial charge in [-0.3, -0.25) is 4.79 Å². The van der Waals surface area contributed by atoms with Crippen molar-refractivity contribution in [2.45, 2.75) is 62.2 Å². The van der Waals surface area contributed by atoms with Crippen LogP contribution in [-0.2, 0) is 14.8 Å². The smallest absolute Gasteiger partial charge is 0.248 e. The van der Waals surface area contributed by atoms with Crippen LogP contribution in [0.2, 0.25) is 0 Å². The number of sulfonamides is 1. The molecule has 2 atom stereocenters. The lowest BCUT2D eigenvalue weighted by Crippen LogP contribution is -2.49. The quantitative estimate of drug-likeness (QED) is 0.724. The van der Waals surface area contributed by atoms with Gasteiger partial charge in [-0.15, -0.1) is 0 Å². The van der Waals surface area contributed by atoms with Crippen molar-refractivity contribution in [2.24, 2.45) is 5.92 Å². The zero-order valence-corrected chi connectivity index (χ0v) is 17.0. The van der Waals surface area contributed by atoms with E-state index in [0.29, 0.717) is 31.6 Å². The molecule has 9 heteroatoms. The van der Waals surface area contributed by atoms with Crippen LogP contribution in [0.5, 0.6) is 5.75 Å². The van der Waals surface area contributed by atoms with Crippen LogP contribution in [0.3, 0.4) is 0 Å². The summed E-state index contributed by atoms with van der Waals surface area (Å²) >= 11 is 0. The van der Waals surface area contributed by atoms with E-state index in [0.717, 1.165) is 12.1 Å². The summed E-state index contributed by atoms with van der Waals surface area (Å²) in [5.41, 5.74) is 0.791. The number of rotatable bonds is 7. The predicted molar refractivity (Wildman–Crippen MR) is 105 cm³/mol. The first-order valence-corrected chi connectivity index (χ1v) is 11.7. The Morgan fingerprint density at radius 1 is 1.17 bits per heavy atom. The Hall–Kier alpha value is -1.74. The van der Waals surface area contributed by atoms with Crippen molar-refractivity contribution < 1.29 is 26.7 Å². The number of carbonyl (C=O) groups excluding carboxylic acids is 1. The standard InChI is InChI=1S/C20H26F2N2O4S/c21-20(22)10-9-18(23-29(26,27)17-7-8-17)14(12-20)13-28-16-5-3-15(4-6-16)24-11-1-2-19(24)25/h3-6,14,17-18,23H,1-2,7-13H2/t14-,18-/m0/s1. The van der Waals surface area contributed by atoms with E-state index < -0.39 is 34.3 Å². The zero-order chi connectivity index (χ0) is 20.6. The Bertz CT molecular complexity index is 856. The third-order valence-electron chi connectivity index (χ3n) is 5.92. The molecule has 0 aromatic heterocycles. The molecular formula is C20H26F2N2O4S. The number of nitrogens with zero attached hydrogens (tertiary/aromatic N) is 1. The van der Waals surface area contributed by atoms with Crippen molar-refractivity contribution >= 4 is 21.6 Å². The number of anilines is 1. The highest BCUT2D eigenvalue weighted by atomic mass is 32.2. The first-order valence-electron chi connectivity index (χ1n) is 10.2. The molecule has 3 fully saturated rings. The summed E-state index contributed by atoms with van der Waals surface area (Å²) < 4.78 is 60.8. The minimum Gasteiger partial charge on any atom is -0.493 e. The monoisotopic (exact) mass is 428 g/mol. The largest absolute Gasteiger partial charge is 0.493 e. The lowest BCUT2D eigenvalue weighted by atomic mass is 9.83. The van der Waals surface area contributed by atoms with Crippen LogP contribution in [0, 0.1) is 5.92 Å². The van der Waals surface area contributed by atoms with Crippen LogP contribution in [0.4, 0.5) is 14.5 Å². The third kappa shape index (κ3) is 4.88. The molecule has 1 N–H and O–H groups in total. The second kappa shape index (κ2) is 7.83. The predicted octanol–water partition coefficient (Wildman–Crippen LogP) is 3.08. The molecule has 0 bridgehead atoms. The van der Waals surface area contributed by atoms with Crippen LogP contribution in [-0.4, -0.2) is 44.7 Å². The van der Waals surface area contributed by atoms with Crippen molar-refractivity contribution in [3.63, 3.8) is 0 Å². The molecule has 0 radical (unpaired) electrons. The maximum atomic E-state index is 13.9. The van der Waals surface area contributed by atoms with E-state index in [1.807, 2.05) is 0 Å². The van der Waals surface area contributed by atoms with Gasteiger partial charge in [-0.2, -0.15) is 0 Å². The second-order valence-corrected chi connectivity index (χ2v) is 10.3. The summed E-state index contributed by atoms with van der Waals surface area (Å²) in [6, 6.07) is 6.45. The van der Waals surface area contributed by atoms with Crippen LogP contribution in [0.25, 0.3) is 0 Å². The average Bonchev–Trinajstić information content (AvgIpc) is 3.45. The molecule has 1 aromatic carbocycles. The normalized spacial score (nSPS) is 27.2. The molecule has 1 aliphatic heterocycles. The molecule has 3 aliphatic rings. The summed E-state index contributed by atoms with van der Waals surface area (Å²) in [6.07, 6.45) is 2.03. The van der Waals surface area contributed by atoms with E-state index in [4.69, 9.17) is 4.74 Å². The molecule has 0 spiro atoms. The highest BCUT2D eigenvalue weighted by molar-refractivity contribution is 7.90. The fourth-order valence-electron chi connectivity index (χ4n) is 4.09. The maximum absolute atomic E-state index is 13.9. The van der Waals surface area contributed by atoms with E-state index >= 15 is 0 Å². The number of hydrogen-bond acceptors (Lipinski definition) is 4. The lowest BCUT2D eigenvalue weighted by Gasteiger charge is -2.36. The molecule has 0 unspecified atom stereocenters. The lowest BCUT2D eigenvalue weighted by molar-refractivity contribution is -0.117. The van der Waals surface area contributed by atoms with Gasteiger partial charge in [0, 0.05) is 43.5 Å². The van der Waals surface area contributed by atoms with Gasteiger partial charge >= 0.3 is 0 Å². The first kappa shape index (κ1) is 20.5. The number of nitrogens with one attached hydrogen (secondary N) is 1. The number of amides is 1. The van der Waals surface area contributed by atoms with Gasteiger partial charge < -0.3 is 9.64 Å². The molecule has 6 nitrogen and oxygen atoms in total. The van der Waals surface area contributed by atoms with Crippen molar-refractivity contribution in [3.05, 3.63) is 24.3 Å². The molecule has 1 aromatic rings. The number of halogens is 2. The summed E-state index contributed by atoms with van der Waals surface area (Å²) in [5, 5.41) is -0.382. The van der Waals surface area contributed by atoms with Gasteiger partial charge in [0.2, 0.25) is 21.9 Å². The molecule has 1 amide bonds. The molecule has 29 heavy (non-hydrogen) atoms. The Labute approximate surface area is 169 Å². The van der Waals surface area contributed by atoms with Gasteiger partial charge in [-0.25, -0.2) is 21.9 Å². The molecule has 2 saturated carbocycles. The Balaban J connectivity index is 1.39. The molecule has 4 rings (SSSR count). The number of carbonyl (C=O) groups is 1. The topological polar surface area (TPSA) is 75.7 Å². The average molecular weight is 429 g/mol. The van der Waals surface area contributed by atoms with Gasteiger partial charge in [0.05, 0.1) is 11.9 Å². The molecular weight excluding hydrogens is 402 g/mol. The SMILES string of the molecule is O=C1CCCN1c1ccc(OC[C@@H]2CC(F)(F)CC[C@@H]2NS(=O)(=O)C2CC2)cc1. The number of alkyl halides is 2. The fraction of sp³-hybridized carbons (Fsp3) is 0.650. The van der Waals surface area contributed by atoms with Crippen molar-refractivity contribution in [1.82, 2.24) is 4.72 Å². The van der Waals surface area contributed by atoms with Crippen molar-refractivity contribution in [3.8, 4) is 5.75 Å². The van der Waals surface area contributed by atoms with Gasteiger partial charge in [0.15, 0.2) is 0 Å². The minimum absolute atomic E-state index is 0.00936. The molecule has 2 aliphatic carbocycles. The van der Waals surface area contributed by atoms with Gasteiger partial charge in [0.1, 0.15) is 5.75 Å². The molecule has 1 saturated heterocycles. The Morgan fingerprint density at radius 2 is 1.90 bits per heavy atom. The summed E-state index contributed by atoms with van der Waals surface area (Å²) in [7, 11) is -3.45. The van der Waals surface area contributed by atoms with Crippen molar-refractivity contribution in [2.75, 3.05) is 18.1 Å². The van der Waals surface area contributed by atoms with E-state index in [9.17, 15) is 22.0 Å². The summed E-state index contributed by atoms with van der Waals surface area (Å²) in [6.45, 7) is 0.703. The van der Waals surface area contributed by atoms with E-state index in [-0.39, 0.29) is 30.6 Å². The Kier molecular flexibility index (Phi) is 5.54. The first-order chi connectivity index (χ1) is 13.7. The van der Waals surface area contributed by atoms with Gasteiger partial charge in [-0.05, 0) is 49.9 Å². The van der Waals surface area contributed by atoms with E-state index in [1.54, 1.807) is 29.2 Å². The summed E-state index contributed by atoms with van der Waals surface area (Å²) in [5.74, 6) is -2.81. The Morgan fingerprint density at radius 3 is 2.52 bits per heavy atom. The van der Waals surface area contributed by atoms with Crippen LogP contribution < -0.4 is 14.4 Å². The number of ether oxygens (including phenoxy) is 1. The highest BCUT2D eigenvalue weighted by Crippen LogP contribution is 2.38. The van der Waals surface area contributed by atoms with Gasteiger partial charge in [0.25, 0.3) is 0 Å². The summed E-state index contributed by atoms with van der Waals surface area (Å²) in [4.78, 5) is 13.5. The minimum atomic E-state index is -3.45. The number of benzene rings is 1. The van der Waals surface area contributed by atoms with Crippen LogP contribution >= 0.6 is 0 Å². The maximum Gasteiger partial charge on any atom is 0.248 e.